The Morgan fingerprint density at radius 1 is 0.938 bits per heavy atom. The van der Waals surface area contributed by atoms with E-state index >= 15 is 0 Å². The summed E-state index contributed by atoms with van der Waals surface area (Å²) in [6.45, 7) is 3.60. The number of nitriles is 1. The van der Waals surface area contributed by atoms with E-state index < -0.39 is 0 Å². The predicted molar refractivity (Wildman–Crippen MR) is 123 cm³/mol. The van der Waals surface area contributed by atoms with Gasteiger partial charge in [-0.15, -0.1) is 0 Å². The van der Waals surface area contributed by atoms with E-state index in [0.717, 1.165) is 31.9 Å². The molecular formula is C25H20FN5O. The van der Waals surface area contributed by atoms with Gasteiger partial charge in [0, 0.05) is 37.4 Å². The highest BCUT2D eigenvalue weighted by Gasteiger charge is 2.17. The van der Waals surface area contributed by atoms with Crippen LogP contribution in [0.1, 0.15) is 5.56 Å². The lowest BCUT2D eigenvalue weighted by molar-refractivity contribution is 0.589. The van der Waals surface area contributed by atoms with Gasteiger partial charge in [-0.1, -0.05) is 0 Å². The van der Waals surface area contributed by atoms with Crippen LogP contribution >= 0.6 is 0 Å². The molecule has 158 valence electrons. The van der Waals surface area contributed by atoms with Gasteiger partial charge < -0.3 is 10.2 Å². The summed E-state index contributed by atoms with van der Waals surface area (Å²) >= 11 is 0. The summed E-state index contributed by atoms with van der Waals surface area (Å²) in [6, 6.07) is 20.5. The van der Waals surface area contributed by atoms with Gasteiger partial charge in [0.2, 0.25) is 0 Å². The fourth-order valence-electron chi connectivity index (χ4n) is 4.01. The number of benzene rings is 3. The largest absolute Gasteiger partial charge is 0.369 e. The lowest BCUT2D eigenvalue weighted by atomic mass is 10.1. The Morgan fingerprint density at radius 3 is 2.31 bits per heavy atom. The summed E-state index contributed by atoms with van der Waals surface area (Å²) in [5.74, 6) is 0.0622. The Bertz CT molecular complexity index is 1380. The van der Waals surface area contributed by atoms with E-state index in [-0.39, 0.29) is 11.4 Å². The van der Waals surface area contributed by atoms with E-state index in [2.05, 4.69) is 16.3 Å². The van der Waals surface area contributed by atoms with Crippen molar-refractivity contribution in [2.45, 2.75) is 0 Å². The van der Waals surface area contributed by atoms with Gasteiger partial charge in [0.25, 0.3) is 5.56 Å². The summed E-state index contributed by atoms with van der Waals surface area (Å²) in [7, 11) is 0. The monoisotopic (exact) mass is 425 g/mol. The summed E-state index contributed by atoms with van der Waals surface area (Å²) in [5, 5.41) is 13.0. The van der Waals surface area contributed by atoms with Crippen LogP contribution in [0.25, 0.3) is 28.0 Å². The molecule has 0 saturated carbocycles. The highest BCUT2D eigenvalue weighted by Crippen LogP contribution is 2.25. The molecule has 6 nitrogen and oxygen atoms in total. The molecule has 4 aromatic rings. The first-order valence-electron chi connectivity index (χ1n) is 10.4. The third-order valence-corrected chi connectivity index (χ3v) is 5.69. The van der Waals surface area contributed by atoms with Crippen LogP contribution in [0.3, 0.4) is 0 Å². The van der Waals surface area contributed by atoms with Gasteiger partial charge >= 0.3 is 0 Å². The first-order chi connectivity index (χ1) is 15.6. The highest BCUT2D eigenvalue weighted by atomic mass is 19.1. The molecule has 0 bridgehead atoms. The molecule has 3 aromatic carbocycles. The number of fused-ring (bicyclic) bond motifs is 1. The summed E-state index contributed by atoms with van der Waals surface area (Å²) in [4.78, 5) is 20.7. The maximum absolute atomic E-state index is 13.6. The second-order valence-corrected chi connectivity index (χ2v) is 7.68. The van der Waals surface area contributed by atoms with Gasteiger partial charge in [0.05, 0.1) is 28.2 Å². The molecule has 1 aliphatic rings. The first-order valence-corrected chi connectivity index (χ1v) is 10.4. The summed E-state index contributed by atoms with van der Waals surface area (Å²) in [6.07, 6.45) is 0. The van der Waals surface area contributed by atoms with Crippen molar-refractivity contribution in [2.75, 3.05) is 31.1 Å². The average molecular weight is 425 g/mol. The van der Waals surface area contributed by atoms with Crippen LogP contribution in [0.15, 0.2) is 71.5 Å². The number of anilines is 1. The number of piperazine rings is 1. The van der Waals surface area contributed by atoms with Crippen LogP contribution in [0.4, 0.5) is 10.1 Å². The third-order valence-electron chi connectivity index (χ3n) is 5.69. The van der Waals surface area contributed by atoms with Gasteiger partial charge in [-0.25, -0.2) is 9.37 Å². The second-order valence-electron chi connectivity index (χ2n) is 7.68. The zero-order chi connectivity index (χ0) is 22.1. The molecule has 32 heavy (non-hydrogen) atoms. The van der Waals surface area contributed by atoms with Crippen molar-refractivity contribution in [3.63, 3.8) is 0 Å². The van der Waals surface area contributed by atoms with Crippen LogP contribution in [0.5, 0.6) is 0 Å². The molecule has 0 unspecified atom stereocenters. The summed E-state index contributed by atoms with van der Waals surface area (Å²) < 4.78 is 15.0. The van der Waals surface area contributed by atoms with Crippen molar-refractivity contribution in [3.05, 3.63) is 88.5 Å². The van der Waals surface area contributed by atoms with Crippen LogP contribution in [-0.2, 0) is 0 Å². The van der Waals surface area contributed by atoms with E-state index in [1.54, 1.807) is 36.4 Å². The SMILES string of the molecule is N#Cc1ccc(-c2nc3cc(N4CCNCC4)ccc3c(=O)n2-c2ccc(F)cc2)cc1. The molecule has 5 rings (SSSR count). The minimum absolute atomic E-state index is 0.229. The molecule has 1 fully saturated rings. The van der Waals surface area contributed by atoms with Gasteiger partial charge in [0.1, 0.15) is 11.6 Å². The maximum Gasteiger partial charge on any atom is 0.266 e. The molecule has 7 heteroatoms. The lowest BCUT2D eigenvalue weighted by Crippen LogP contribution is -2.43. The van der Waals surface area contributed by atoms with Gasteiger partial charge in [-0.3, -0.25) is 9.36 Å². The Kier molecular flexibility index (Phi) is 5.13. The fourth-order valence-corrected chi connectivity index (χ4v) is 4.01. The van der Waals surface area contributed by atoms with Gasteiger partial charge in [-0.05, 0) is 66.7 Å². The second kappa shape index (κ2) is 8.25. The summed E-state index contributed by atoms with van der Waals surface area (Å²) in [5.41, 5.74) is 3.13. The molecular weight excluding hydrogens is 405 g/mol. The van der Waals surface area contributed by atoms with E-state index in [9.17, 15) is 9.18 Å². The Morgan fingerprint density at radius 2 is 1.62 bits per heavy atom. The molecule has 1 saturated heterocycles. The fraction of sp³-hybridized carbons (Fsp3) is 0.160. The molecule has 0 amide bonds. The van der Waals surface area contributed by atoms with E-state index in [1.165, 1.54) is 16.7 Å². The Balaban J connectivity index is 1.74. The molecule has 1 aromatic heterocycles. The zero-order valence-corrected chi connectivity index (χ0v) is 17.3. The molecule has 1 aliphatic heterocycles. The molecule has 0 atom stereocenters. The van der Waals surface area contributed by atoms with Gasteiger partial charge in [-0.2, -0.15) is 5.26 Å². The van der Waals surface area contributed by atoms with E-state index in [4.69, 9.17) is 10.2 Å². The topological polar surface area (TPSA) is 74.0 Å². The number of halogens is 1. The van der Waals surface area contributed by atoms with Crippen molar-refractivity contribution in [1.82, 2.24) is 14.9 Å². The molecule has 0 spiro atoms. The van der Waals surface area contributed by atoms with Crippen LogP contribution in [-0.4, -0.2) is 35.7 Å². The minimum atomic E-state index is -0.379. The highest BCUT2D eigenvalue weighted by molar-refractivity contribution is 5.84. The number of nitrogens with zero attached hydrogens (tertiary/aromatic N) is 4. The van der Waals surface area contributed by atoms with Crippen LogP contribution < -0.4 is 15.8 Å². The molecule has 1 N–H and O–H groups in total. The zero-order valence-electron chi connectivity index (χ0n) is 17.3. The lowest BCUT2D eigenvalue weighted by Gasteiger charge is -2.29. The van der Waals surface area contributed by atoms with E-state index in [0.29, 0.717) is 33.5 Å². The Labute approximate surface area is 184 Å². The number of hydrogen-bond acceptors (Lipinski definition) is 5. The van der Waals surface area contributed by atoms with E-state index in [1.807, 2.05) is 18.2 Å². The number of nitrogens with one attached hydrogen (secondary N) is 1. The van der Waals surface area contributed by atoms with Crippen LogP contribution in [0.2, 0.25) is 0 Å². The van der Waals surface area contributed by atoms with Crippen molar-refractivity contribution in [3.8, 4) is 23.1 Å². The van der Waals surface area contributed by atoms with Crippen molar-refractivity contribution in [1.29, 1.82) is 5.26 Å². The third kappa shape index (κ3) is 3.61. The standard InChI is InChI=1S/C25H20FN5O/c26-19-5-7-20(8-6-19)31-24(18-3-1-17(16-27)2-4-18)29-23-15-21(9-10-22(23)25(31)32)30-13-11-28-12-14-30/h1-10,15,28H,11-14H2. The number of aromatic nitrogens is 2. The Hall–Kier alpha value is -4.02. The predicted octanol–water partition coefficient (Wildman–Crippen LogP) is 3.47. The average Bonchev–Trinajstić information content (AvgIpc) is 2.85. The number of rotatable bonds is 3. The van der Waals surface area contributed by atoms with Crippen LogP contribution in [0, 0.1) is 17.1 Å². The molecule has 0 aliphatic carbocycles. The van der Waals surface area contributed by atoms with Crippen molar-refractivity contribution < 1.29 is 4.39 Å². The maximum atomic E-state index is 13.6. The molecule has 0 radical (unpaired) electrons. The van der Waals surface area contributed by atoms with Crippen molar-refractivity contribution in [2.24, 2.45) is 0 Å². The van der Waals surface area contributed by atoms with Crippen molar-refractivity contribution >= 4 is 16.6 Å². The first kappa shape index (κ1) is 19.9. The van der Waals surface area contributed by atoms with Gasteiger partial charge in [0.15, 0.2) is 0 Å². The normalized spacial score (nSPS) is 13.8. The smallest absolute Gasteiger partial charge is 0.266 e. The quantitative estimate of drug-likeness (QED) is 0.544. The minimum Gasteiger partial charge on any atom is -0.369 e. The number of hydrogen-bond donors (Lipinski definition) is 1. The molecule has 2 heterocycles.